The lowest BCUT2D eigenvalue weighted by Crippen LogP contribution is -2.45. The zero-order chi connectivity index (χ0) is 14.8. The van der Waals surface area contributed by atoms with Crippen LogP contribution in [0, 0.1) is 0 Å². The third-order valence-electron chi connectivity index (χ3n) is 3.46. The molecule has 2 heterocycles. The van der Waals surface area contributed by atoms with Gasteiger partial charge in [-0.15, -0.1) is 0 Å². The summed E-state index contributed by atoms with van der Waals surface area (Å²) in [6, 6.07) is 1.75. The molecule has 112 valence electrons. The van der Waals surface area contributed by atoms with Gasteiger partial charge < -0.3 is 4.90 Å². The predicted octanol–water partition coefficient (Wildman–Crippen LogP) is -0.0568. The number of nitrogens with one attached hydrogen (secondary N) is 1. The highest BCUT2D eigenvalue weighted by molar-refractivity contribution is 7.88. The number of fused-ring (bicyclic) bond motifs is 1. The van der Waals surface area contributed by atoms with E-state index in [2.05, 4.69) is 9.82 Å². The zero-order valence-corrected chi connectivity index (χ0v) is 12.6. The van der Waals surface area contributed by atoms with E-state index >= 15 is 0 Å². The Labute approximate surface area is 119 Å². The van der Waals surface area contributed by atoms with E-state index in [4.69, 9.17) is 0 Å². The van der Waals surface area contributed by atoms with Crippen molar-refractivity contribution in [3.63, 3.8) is 0 Å². The first-order chi connectivity index (χ1) is 9.40. The number of hydrogen-bond donors (Lipinski definition) is 1. The summed E-state index contributed by atoms with van der Waals surface area (Å²) in [6.45, 7) is 3.22. The van der Waals surface area contributed by atoms with E-state index in [-0.39, 0.29) is 18.5 Å². The van der Waals surface area contributed by atoms with E-state index in [0.717, 1.165) is 11.9 Å². The molecule has 0 aliphatic carbocycles. The Bertz CT molecular complexity index is 581. The molecule has 0 saturated heterocycles. The summed E-state index contributed by atoms with van der Waals surface area (Å²) in [7, 11) is -3.26. The average molecular weight is 300 g/mol. The molecule has 1 aliphatic heterocycles. The van der Waals surface area contributed by atoms with Gasteiger partial charge in [0.25, 0.3) is 0 Å². The SMILES string of the molecule is CCC(=O)N1Cc2ccnn2CC[C@H]1CNS(C)(=O)=O. The van der Waals surface area contributed by atoms with Crippen molar-refractivity contribution in [3.05, 3.63) is 18.0 Å². The quantitative estimate of drug-likeness (QED) is 0.844. The first kappa shape index (κ1) is 15.0. The highest BCUT2D eigenvalue weighted by Gasteiger charge is 2.27. The van der Waals surface area contributed by atoms with E-state index in [0.29, 0.717) is 25.9 Å². The van der Waals surface area contributed by atoms with Gasteiger partial charge in [-0.05, 0) is 12.5 Å². The second-order valence-electron chi connectivity index (χ2n) is 4.98. The number of aryl methyl sites for hydroxylation is 1. The molecule has 0 bridgehead atoms. The third-order valence-corrected chi connectivity index (χ3v) is 4.15. The van der Waals surface area contributed by atoms with Gasteiger partial charge in [-0.25, -0.2) is 13.1 Å². The molecule has 20 heavy (non-hydrogen) atoms. The number of nitrogens with zero attached hydrogens (tertiary/aromatic N) is 3. The van der Waals surface area contributed by atoms with Crippen LogP contribution in [0.4, 0.5) is 0 Å². The molecule has 1 atom stereocenters. The van der Waals surface area contributed by atoms with Crippen molar-refractivity contribution in [1.29, 1.82) is 0 Å². The van der Waals surface area contributed by atoms with Crippen LogP contribution in [0.25, 0.3) is 0 Å². The number of carbonyl (C=O) groups is 1. The molecule has 0 spiro atoms. The first-order valence-corrected chi connectivity index (χ1v) is 8.54. The second kappa shape index (κ2) is 5.92. The molecule has 0 unspecified atom stereocenters. The van der Waals surface area contributed by atoms with E-state index < -0.39 is 10.0 Å². The van der Waals surface area contributed by atoms with Crippen LogP contribution in [0.15, 0.2) is 12.3 Å². The smallest absolute Gasteiger partial charge is 0.222 e. The van der Waals surface area contributed by atoms with E-state index in [1.165, 1.54) is 0 Å². The molecule has 0 aromatic carbocycles. The minimum atomic E-state index is -3.26. The van der Waals surface area contributed by atoms with E-state index in [1.807, 2.05) is 17.7 Å². The standard InChI is InChI=1S/C12H20N4O3S/c1-3-12(17)15-9-11-4-6-13-16(11)7-5-10(15)8-14-20(2,18)19/h4,6,10,14H,3,5,7-9H2,1-2H3/t10-/m0/s1. The van der Waals surface area contributed by atoms with Gasteiger partial charge in [0, 0.05) is 31.7 Å². The van der Waals surface area contributed by atoms with E-state index in [9.17, 15) is 13.2 Å². The topological polar surface area (TPSA) is 84.3 Å². The fourth-order valence-corrected chi connectivity index (χ4v) is 2.88. The minimum Gasteiger partial charge on any atom is -0.332 e. The van der Waals surface area contributed by atoms with Crippen molar-refractivity contribution in [2.45, 2.75) is 38.9 Å². The summed E-state index contributed by atoms with van der Waals surface area (Å²) in [5, 5.41) is 4.22. The van der Waals surface area contributed by atoms with E-state index in [1.54, 1.807) is 11.1 Å². The van der Waals surface area contributed by atoms with Gasteiger partial charge in [0.1, 0.15) is 0 Å². The summed E-state index contributed by atoms with van der Waals surface area (Å²) < 4.78 is 26.9. The van der Waals surface area contributed by atoms with Crippen molar-refractivity contribution in [2.75, 3.05) is 12.8 Å². The molecule has 1 aliphatic rings. The average Bonchev–Trinajstić information content (AvgIpc) is 2.75. The fraction of sp³-hybridized carbons (Fsp3) is 0.667. The summed E-state index contributed by atoms with van der Waals surface area (Å²) in [6.07, 6.45) is 3.94. The number of amides is 1. The third kappa shape index (κ3) is 3.57. The molecule has 7 nitrogen and oxygen atoms in total. The van der Waals surface area contributed by atoms with Gasteiger partial charge in [0.2, 0.25) is 15.9 Å². The number of hydrogen-bond acceptors (Lipinski definition) is 4. The molecule has 1 aromatic heterocycles. The van der Waals surface area contributed by atoms with Crippen LogP contribution in [-0.2, 0) is 27.9 Å². The van der Waals surface area contributed by atoms with Crippen molar-refractivity contribution in [1.82, 2.24) is 19.4 Å². The molecule has 2 rings (SSSR count). The normalized spacial score (nSPS) is 19.5. The molecule has 8 heteroatoms. The van der Waals surface area contributed by atoms with Gasteiger partial charge in [0.15, 0.2) is 0 Å². The monoisotopic (exact) mass is 300 g/mol. The molecule has 0 fully saturated rings. The molecule has 0 radical (unpaired) electrons. The van der Waals surface area contributed by atoms with Crippen LogP contribution < -0.4 is 4.72 Å². The maximum absolute atomic E-state index is 12.1. The summed E-state index contributed by atoms with van der Waals surface area (Å²) in [5.41, 5.74) is 0.980. The number of rotatable bonds is 4. The Kier molecular flexibility index (Phi) is 4.44. The second-order valence-corrected chi connectivity index (χ2v) is 6.82. The number of carbonyl (C=O) groups excluding carboxylic acids is 1. The van der Waals surface area contributed by atoms with Crippen molar-refractivity contribution >= 4 is 15.9 Å². The zero-order valence-electron chi connectivity index (χ0n) is 11.7. The Balaban J connectivity index is 2.16. The lowest BCUT2D eigenvalue weighted by atomic mass is 10.1. The fourth-order valence-electron chi connectivity index (χ4n) is 2.38. The van der Waals surface area contributed by atoms with Gasteiger partial charge in [0.05, 0.1) is 18.5 Å². The molecule has 1 N–H and O–H groups in total. The lowest BCUT2D eigenvalue weighted by molar-refractivity contribution is -0.133. The molecular weight excluding hydrogens is 280 g/mol. The summed E-state index contributed by atoms with van der Waals surface area (Å²) in [5.74, 6) is 0.0277. The highest BCUT2D eigenvalue weighted by atomic mass is 32.2. The Morgan fingerprint density at radius 1 is 1.55 bits per heavy atom. The van der Waals surface area contributed by atoms with Crippen LogP contribution in [0.1, 0.15) is 25.5 Å². The lowest BCUT2D eigenvalue weighted by Gasteiger charge is -2.29. The van der Waals surface area contributed by atoms with Gasteiger partial charge in [-0.1, -0.05) is 6.92 Å². The maximum Gasteiger partial charge on any atom is 0.222 e. The van der Waals surface area contributed by atoms with Gasteiger partial charge in [-0.2, -0.15) is 5.10 Å². The maximum atomic E-state index is 12.1. The number of aromatic nitrogens is 2. The van der Waals surface area contributed by atoms with Gasteiger partial charge >= 0.3 is 0 Å². The molecule has 0 saturated carbocycles. The van der Waals surface area contributed by atoms with Gasteiger partial charge in [-0.3, -0.25) is 9.48 Å². The summed E-state index contributed by atoms with van der Waals surface area (Å²) in [4.78, 5) is 13.9. The Hall–Kier alpha value is -1.41. The van der Waals surface area contributed by atoms with Crippen LogP contribution in [0.5, 0.6) is 0 Å². The number of sulfonamides is 1. The van der Waals surface area contributed by atoms with Crippen molar-refractivity contribution < 1.29 is 13.2 Å². The predicted molar refractivity (Wildman–Crippen MR) is 74.3 cm³/mol. The minimum absolute atomic E-state index is 0.0277. The molecule has 1 amide bonds. The van der Waals surface area contributed by atoms with Crippen molar-refractivity contribution in [2.24, 2.45) is 0 Å². The largest absolute Gasteiger partial charge is 0.332 e. The first-order valence-electron chi connectivity index (χ1n) is 6.65. The highest BCUT2D eigenvalue weighted by Crippen LogP contribution is 2.18. The van der Waals surface area contributed by atoms with Crippen LogP contribution >= 0.6 is 0 Å². The molecular formula is C12H20N4O3S. The Morgan fingerprint density at radius 2 is 2.30 bits per heavy atom. The van der Waals surface area contributed by atoms with Crippen molar-refractivity contribution in [3.8, 4) is 0 Å². The Morgan fingerprint density at radius 3 is 2.95 bits per heavy atom. The van der Waals surface area contributed by atoms with Crippen LogP contribution in [0.3, 0.4) is 0 Å². The van der Waals surface area contributed by atoms with Crippen LogP contribution in [0.2, 0.25) is 0 Å². The molecule has 1 aromatic rings. The summed E-state index contributed by atoms with van der Waals surface area (Å²) >= 11 is 0. The van der Waals surface area contributed by atoms with Crippen LogP contribution in [-0.4, -0.2) is 47.8 Å².